The summed E-state index contributed by atoms with van der Waals surface area (Å²) in [5.41, 5.74) is 0.517. The van der Waals surface area contributed by atoms with E-state index in [1.165, 1.54) is 49.9 Å². The summed E-state index contributed by atoms with van der Waals surface area (Å²) in [7, 11) is 0. The number of halogens is 6. The van der Waals surface area contributed by atoms with E-state index in [0.717, 1.165) is 37.8 Å². The molecule has 0 bridgehead atoms. The Kier molecular flexibility index (Phi) is 8.12. The minimum Gasteiger partial charge on any atom is -0.452 e. The number of benzene rings is 2. The average molecular weight is 458 g/mol. The Morgan fingerprint density at radius 3 is 2.06 bits per heavy atom. The molecule has 1 atom stereocenters. The normalized spacial score (nSPS) is 20.2. The minimum absolute atomic E-state index is 0.120. The SMILES string of the molecule is CCCCCC1CCC(c2cc(F)c(-c3ccc(OC(F)C(F)(F)F)cc3)c(F)c2)CC1. The van der Waals surface area contributed by atoms with E-state index in [-0.39, 0.29) is 22.8 Å². The molecule has 1 aliphatic rings. The summed E-state index contributed by atoms with van der Waals surface area (Å²) in [6.07, 6.45) is 0.202. The Labute approximate surface area is 184 Å². The monoisotopic (exact) mass is 458 g/mol. The molecule has 0 aromatic heterocycles. The maximum absolute atomic E-state index is 14.8. The topological polar surface area (TPSA) is 9.23 Å². The quantitative estimate of drug-likeness (QED) is 0.284. The average Bonchev–Trinajstić information content (AvgIpc) is 2.74. The van der Waals surface area contributed by atoms with Crippen LogP contribution in [0.25, 0.3) is 11.1 Å². The third-order valence-corrected chi connectivity index (χ3v) is 6.24. The largest absolute Gasteiger partial charge is 0.457 e. The van der Waals surface area contributed by atoms with Crippen molar-refractivity contribution < 1.29 is 31.1 Å². The van der Waals surface area contributed by atoms with E-state index in [4.69, 9.17) is 0 Å². The van der Waals surface area contributed by atoms with E-state index < -0.39 is 24.2 Å². The summed E-state index contributed by atoms with van der Waals surface area (Å²) in [5.74, 6) is -1.02. The van der Waals surface area contributed by atoms with Gasteiger partial charge in [0.15, 0.2) is 0 Å². The lowest BCUT2D eigenvalue weighted by Crippen LogP contribution is -2.29. The Hall–Kier alpha value is -2.18. The van der Waals surface area contributed by atoms with Crippen LogP contribution in [0.5, 0.6) is 5.75 Å². The molecule has 0 aliphatic heterocycles. The highest BCUT2D eigenvalue weighted by Crippen LogP contribution is 2.40. The van der Waals surface area contributed by atoms with Gasteiger partial charge in [-0.2, -0.15) is 17.6 Å². The molecule has 2 aromatic carbocycles. The van der Waals surface area contributed by atoms with Crippen LogP contribution < -0.4 is 4.74 Å². The summed E-state index contributed by atoms with van der Waals surface area (Å²) in [4.78, 5) is 0. The molecule has 176 valence electrons. The van der Waals surface area contributed by atoms with Crippen LogP contribution in [0.2, 0.25) is 0 Å². The number of unbranched alkanes of at least 4 members (excludes halogenated alkanes) is 2. The van der Waals surface area contributed by atoms with Crippen LogP contribution in [0, 0.1) is 17.6 Å². The zero-order valence-electron chi connectivity index (χ0n) is 18.0. The third kappa shape index (κ3) is 6.20. The van der Waals surface area contributed by atoms with Crippen molar-refractivity contribution in [2.75, 3.05) is 0 Å². The summed E-state index contributed by atoms with van der Waals surface area (Å²) >= 11 is 0. The van der Waals surface area contributed by atoms with Gasteiger partial charge in [0.25, 0.3) is 0 Å². The molecule has 7 heteroatoms. The molecule has 32 heavy (non-hydrogen) atoms. The van der Waals surface area contributed by atoms with Gasteiger partial charge in [0.2, 0.25) is 0 Å². The summed E-state index contributed by atoms with van der Waals surface area (Å²) < 4.78 is 83.6. The number of alkyl halides is 4. The Bertz CT molecular complexity index is 846. The molecule has 1 unspecified atom stereocenters. The van der Waals surface area contributed by atoms with Gasteiger partial charge in [-0.1, -0.05) is 44.7 Å². The molecule has 1 aliphatic carbocycles. The van der Waals surface area contributed by atoms with Gasteiger partial charge < -0.3 is 4.74 Å². The number of hydrogen-bond donors (Lipinski definition) is 0. The zero-order valence-corrected chi connectivity index (χ0v) is 18.0. The van der Waals surface area contributed by atoms with Crippen molar-refractivity contribution in [3.8, 4) is 16.9 Å². The maximum atomic E-state index is 14.8. The first kappa shape index (κ1) is 24.5. The van der Waals surface area contributed by atoms with Crippen LogP contribution >= 0.6 is 0 Å². The highest BCUT2D eigenvalue weighted by molar-refractivity contribution is 5.66. The highest BCUT2D eigenvalue weighted by atomic mass is 19.4. The molecule has 0 spiro atoms. The first-order valence-electron chi connectivity index (χ1n) is 11.2. The fourth-order valence-electron chi connectivity index (χ4n) is 4.46. The van der Waals surface area contributed by atoms with Crippen LogP contribution in [0.3, 0.4) is 0 Å². The molecular weight excluding hydrogens is 430 g/mol. The minimum atomic E-state index is -5.15. The first-order valence-corrected chi connectivity index (χ1v) is 11.2. The van der Waals surface area contributed by atoms with Crippen molar-refractivity contribution in [2.24, 2.45) is 5.92 Å². The van der Waals surface area contributed by atoms with Gasteiger partial charge in [0.1, 0.15) is 17.4 Å². The van der Waals surface area contributed by atoms with E-state index in [2.05, 4.69) is 11.7 Å². The second kappa shape index (κ2) is 10.6. The lowest BCUT2D eigenvalue weighted by molar-refractivity contribution is -0.236. The molecule has 1 saturated carbocycles. The predicted octanol–water partition coefficient (Wildman–Crippen LogP) is 8.72. The smallest absolute Gasteiger partial charge is 0.452 e. The lowest BCUT2D eigenvalue weighted by Gasteiger charge is -2.29. The van der Waals surface area contributed by atoms with E-state index >= 15 is 0 Å². The van der Waals surface area contributed by atoms with E-state index in [1.807, 2.05) is 0 Å². The van der Waals surface area contributed by atoms with Crippen molar-refractivity contribution in [3.63, 3.8) is 0 Å². The summed E-state index contributed by atoms with van der Waals surface area (Å²) in [6, 6.07) is 7.24. The molecule has 0 heterocycles. The number of rotatable bonds is 8. The van der Waals surface area contributed by atoms with Crippen LogP contribution in [0.15, 0.2) is 36.4 Å². The Morgan fingerprint density at radius 2 is 1.53 bits per heavy atom. The molecule has 3 rings (SSSR count). The van der Waals surface area contributed by atoms with Gasteiger partial charge in [-0.25, -0.2) is 8.78 Å². The van der Waals surface area contributed by atoms with Crippen molar-refractivity contribution in [3.05, 3.63) is 53.6 Å². The number of hydrogen-bond acceptors (Lipinski definition) is 1. The van der Waals surface area contributed by atoms with Crippen LogP contribution in [-0.2, 0) is 0 Å². The Balaban J connectivity index is 1.67. The first-order chi connectivity index (χ1) is 15.2. The van der Waals surface area contributed by atoms with Crippen LogP contribution in [0.4, 0.5) is 26.3 Å². The molecule has 0 saturated heterocycles. The maximum Gasteiger partial charge on any atom is 0.457 e. The molecule has 0 N–H and O–H groups in total. The summed E-state index contributed by atoms with van der Waals surface area (Å²) in [5, 5.41) is 0. The second-order valence-electron chi connectivity index (χ2n) is 8.57. The molecule has 1 nitrogen and oxygen atoms in total. The van der Waals surface area contributed by atoms with E-state index in [9.17, 15) is 26.3 Å². The molecule has 1 fully saturated rings. The van der Waals surface area contributed by atoms with Crippen molar-refractivity contribution in [2.45, 2.75) is 76.7 Å². The summed E-state index contributed by atoms with van der Waals surface area (Å²) in [6.45, 7) is 2.18. The zero-order chi connectivity index (χ0) is 23.3. The third-order valence-electron chi connectivity index (χ3n) is 6.24. The van der Waals surface area contributed by atoms with Crippen molar-refractivity contribution in [1.82, 2.24) is 0 Å². The van der Waals surface area contributed by atoms with E-state index in [1.54, 1.807) is 0 Å². The fourth-order valence-corrected chi connectivity index (χ4v) is 4.46. The fraction of sp³-hybridized carbons (Fsp3) is 0.520. The van der Waals surface area contributed by atoms with E-state index in [0.29, 0.717) is 11.5 Å². The highest BCUT2D eigenvalue weighted by Gasteiger charge is 2.42. The van der Waals surface area contributed by atoms with Crippen LogP contribution in [-0.4, -0.2) is 12.5 Å². The lowest BCUT2D eigenvalue weighted by atomic mass is 9.77. The number of ether oxygens (including phenoxy) is 1. The second-order valence-corrected chi connectivity index (χ2v) is 8.57. The van der Waals surface area contributed by atoms with Crippen LogP contribution in [0.1, 0.15) is 69.8 Å². The predicted molar refractivity (Wildman–Crippen MR) is 112 cm³/mol. The molecular formula is C25H28F6O. The molecule has 0 radical (unpaired) electrons. The van der Waals surface area contributed by atoms with Gasteiger partial charge in [-0.15, -0.1) is 0 Å². The van der Waals surface area contributed by atoms with Gasteiger partial charge in [0, 0.05) is 0 Å². The van der Waals surface area contributed by atoms with Crippen molar-refractivity contribution >= 4 is 0 Å². The Morgan fingerprint density at radius 1 is 0.938 bits per heavy atom. The molecule has 2 aromatic rings. The van der Waals surface area contributed by atoms with Gasteiger partial charge >= 0.3 is 12.5 Å². The van der Waals surface area contributed by atoms with Gasteiger partial charge in [0.05, 0.1) is 5.56 Å². The standard InChI is InChI=1S/C25H28F6O/c1-2-3-4-5-16-6-8-17(9-7-16)19-14-21(26)23(22(27)15-19)18-10-12-20(13-11-18)32-24(28)25(29,30)31/h10-17,24H,2-9H2,1H3. The van der Waals surface area contributed by atoms with Gasteiger partial charge in [-0.05, 0) is 72.9 Å². The molecule has 0 amide bonds. The van der Waals surface area contributed by atoms with Gasteiger partial charge in [-0.3, -0.25) is 0 Å². The van der Waals surface area contributed by atoms with Crippen molar-refractivity contribution in [1.29, 1.82) is 0 Å².